The van der Waals surface area contributed by atoms with E-state index in [1.807, 2.05) is 24.0 Å². The maximum absolute atomic E-state index is 11.1. The first kappa shape index (κ1) is 8.31. The molecular weight excluding hydrogens is 168 g/mol. The maximum atomic E-state index is 11.1. The summed E-state index contributed by atoms with van der Waals surface area (Å²) < 4.78 is 5.24. The lowest BCUT2D eigenvalue weighted by molar-refractivity contribution is -0.118. The number of hydrogen-bond donors (Lipinski definition) is 1. The molecule has 70 valence electrons. The highest BCUT2D eigenvalue weighted by molar-refractivity contribution is 5.80. The van der Waals surface area contributed by atoms with Crippen LogP contribution in [-0.2, 0) is 4.79 Å². The van der Waals surface area contributed by atoms with E-state index in [4.69, 9.17) is 4.42 Å². The quantitative estimate of drug-likeness (QED) is 0.729. The van der Waals surface area contributed by atoms with Gasteiger partial charge < -0.3 is 9.73 Å². The van der Waals surface area contributed by atoms with Gasteiger partial charge in [-0.25, -0.2) is 0 Å². The molecule has 1 aliphatic rings. The highest BCUT2D eigenvalue weighted by Crippen LogP contribution is 2.21. The zero-order chi connectivity index (χ0) is 9.26. The topological polar surface area (TPSA) is 45.5 Å². The van der Waals surface area contributed by atoms with Crippen molar-refractivity contribution in [2.75, 3.05) is 13.1 Å². The van der Waals surface area contributed by atoms with Gasteiger partial charge >= 0.3 is 0 Å². The number of carbonyl (C=O) groups excluding carboxylic acids is 1. The number of furan rings is 1. The average Bonchev–Trinajstić information content (AvgIpc) is 2.71. The molecule has 0 spiro atoms. The normalized spacial score (nSPS) is 23.5. The molecule has 0 bridgehead atoms. The van der Waals surface area contributed by atoms with Gasteiger partial charge in [0.15, 0.2) is 0 Å². The minimum atomic E-state index is -0.0764. The van der Waals surface area contributed by atoms with E-state index in [0.717, 1.165) is 12.3 Å². The first-order valence-corrected chi connectivity index (χ1v) is 4.38. The Morgan fingerprint density at radius 3 is 3.23 bits per heavy atom. The number of hydrogen-bond acceptors (Lipinski definition) is 3. The first-order chi connectivity index (χ1) is 6.31. The molecule has 1 unspecified atom stereocenters. The molecule has 0 aromatic carbocycles. The third-order valence-corrected chi connectivity index (χ3v) is 2.23. The summed E-state index contributed by atoms with van der Waals surface area (Å²) in [5, 5.41) is 2.85. The zero-order valence-corrected chi connectivity index (χ0v) is 7.49. The average molecular weight is 180 g/mol. The van der Waals surface area contributed by atoms with E-state index in [1.165, 1.54) is 0 Å². The van der Waals surface area contributed by atoms with Gasteiger partial charge in [0, 0.05) is 0 Å². The van der Waals surface area contributed by atoms with Crippen LogP contribution in [0.1, 0.15) is 18.8 Å². The van der Waals surface area contributed by atoms with Crippen molar-refractivity contribution >= 4 is 5.91 Å². The fourth-order valence-electron chi connectivity index (χ4n) is 1.56. The van der Waals surface area contributed by atoms with Gasteiger partial charge in [-0.2, -0.15) is 0 Å². The van der Waals surface area contributed by atoms with Crippen molar-refractivity contribution in [2.24, 2.45) is 0 Å². The summed E-state index contributed by atoms with van der Waals surface area (Å²) in [6.07, 6.45) is 1.54. The summed E-state index contributed by atoms with van der Waals surface area (Å²) in [6, 6.07) is 3.70. The molecule has 4 nitrogen and oxygen atoms in total. The summed E-state index contributed by atoms with van der Waals surface area (Å²) in [5.74, 6) is 0.857. The predicted octanol–water partition coefficient (Wildman–Crippen LogP) is 0.730. The van der Waals surface area contributed by atoms with Gasteiger partial charge in [-0.15, -0.1) is 0 Å². The molecule has 0 radical (unpaired) electrons. The lowest BCUT2D eigenvalue weighted by Crippen LogP contribution is -2.26. The Kier molecular flexibility index (Phi) is 2.06. The second kappa shape index (κ2) is 3.22. The van der Waals surface area contributed by atoms with Crippen molar-refractivity contribution in [3.8, 4) is 0 Å². The van der Waals surface area contributed by atoms with Crippen molar-refractivity contribution in [3.63, 3.8) is 0 Å². The number of rotatable bonds is 2. The largest absolute Gasteiger partial charge is 0.466 e. The van der Waals surface area contributed by atoms with Gasteiger partial charge in [-0.1, -0.05) is 6.92 Å². The minimum absolute atomic E-state index is 0.0586. The van der Waals surface area contributed by atoms with Crippen LogP contribution in [0.25, 0.3) is 0 Å². The van der Waals surface area contributed by atoms with E-state index in [2.05, 4.69) is 5.32 Å². The SMILES string of the molecule is CCN1CC(=O)NC1c1ccco1. The van der Waals surface area contributed by atoms with E-state index < -0.39 is 0 Å². The number of carbonyl (C=O) groups is 1. The van der Waals surface area contributed by atoms with Crippen LogP contribution in [0, 0.1) is 0 Å². The second-order valence-electron chi connectivity index (χ2n) is 3.05. The van der Waals surface area contributed by atoms with Crippen LogP contribution < -0.4 is 5.32 Å². The number of likely N-dealkylation sites (N-methyl/N-ethyl adjacent to an activating group) is 1. The van der Waals surface area contributed by atoms with Crippen LogP contribution in [0.4, 0.5) is 0 Å². The number of nitrogens with one attached hydrogen (secondary N) is 1. The Morgan fingerprint density at radius 2 is 2.62 bits per heavy atom. The molecule has 1 atom stereocenters. The Bertz CT molecular complexity index is 295. The van der Waals surface area contributed by atoms with Gasteiger partial charge in [0.1, 0.15) is 11.9 Å². The molecule has 1 aromatic rings. The van der Waals surface area contributed by atoms with E-state index in [0.29, 0.717) is 6.54 Å². The fraction of sp³-hybridized carbons (Fsp3) is 0.444. The highest BCUT2D eigenvalue weighted by Gasteiger charge is 2.31. The van der Waals surface area contributed by atoms with Crippen LogP contribution in [0.3, 0.4) is 0 Å². The van der Waals surface area contributed by atoms with Crippen molar-refractivity contribution in [1.82, 2.24) is 10.2 Å². The number of amides is 1. The van der Waals surface area contributed by atoms with Crippen molar-refractivity contribution in [1.29, 1.82) is 0 Å². The Labute approximate surface area is 76.5 Å². The summed E-state index contributed by atoms with van der Waals surface area (Å²) in [6.45, 7) is 3.32. The van der Waals surface area contributed by atoms with Gasteiger partial charge in [-0.3, -0.25) is 9.69 Å². The van der Waals surface area contributed by atoms with E-state index >= 15 is 0 Å². The summed E-state index contributed by atoms with van der Waals surface area (Å²) in [5.41, 5.74) is 0. The van der Waals surface area contributed by atoms with E-state index in [1.54, 1.807) is 6.26 Å². The smallest absolute Gasteiger partial charge is 0.235 e. The monoisotopic (exact) mass is 180 g/mol. The van der Waals surface area contributed by atoms with Crippen LogP contribution >= 0.6 is 0 Å². The van der Waals surface area contributed by atoms with Gasteiger partial charge in [0.05, 0.1) is 12.8 Å². The number of nitrogens with zero attached hydrogens (tertiary/aromatic N) is 1. The second-order valence-corrected chi connectivity index (χ2v) is 3.05. The fourth-order valence-corrected chi connectivity index (χ4v) is 1.56. The highest BCUT2D eigenvalue weighted by atomic mass is 16.3. The first-order valence-electron chi connectivity index (χ1n) is 4.38. The van der Waals surface area contributed by atoms with Crippen molar-refractivity contribution in [3.05, 3.63) is 24.2 Å². The summed E-state index contributed by atoms with van der Waals surface area (Å²) in [4.78, 5) is 13.2. The molecule has 0 aliphatic carbocycles. The van der Waals surface area contributed by atoms with E-state index in [-0.39, 0.29) is 12.1 Å². The molecule has 1 aromatic heterocycles. The van der Waals surface area contributed by atoms with Gasteiger partial charge in [-0.05, 0) is 18.7 Å². The summed E-state index contributed by atoms with van der Waals surface area (Å²) >= 11 is 0. The predicted molar refractivity (Wildman–Crippen MR) is 46.8 cm³/mol. The Hall–Kier alpha value is -1.29. The molecule has 4 heteroatoms. The van der Waals surface area contributed by atoms with E-state index in [9.17, 15) is 4.79 Å². The lowest BCUT2D eigenvalue weighted by Gasteiger charge is -2.18. The minimum Gasteiger partial charge on any atom is -0.466 e. The van der Waals surface area contributed by atoms with Crippen molar-refractivity contribution < 1.29 is 9.21 Å². The molecule has 2 rings (SSSR count). The maximum Gasteiger partial charge on any atom is 0.235 e. The summed E-state index contributed by atoms with van der Waals surface area (Å²) in [7, 11) is 0. The standard InChI is InChI=1S/C9H12N2O2/c1-2-11-6-8(12)10-9(11)7-4-3-5-13-7/h3-5,9H,2,6H2,1H3,(H,10,12). The molecule has 1 amide bonds. The Morgan fingerprint density at radius 1 is 1.77 bits per heavy atom. The molecule has 1 saturated heterocycles. The molecule has 0 saturated carbocycles. The third-order valence-electron chi connectivity index (χ3n) is 2.23. The molecule has 1 N–H and O–H groups in total. The molecule has 1 aliphatic heterocycles. The van der Waals surface area contributed by atoms with Crippen LogP contribution in [0.5, 0.6) is 0 Å². The molecular formula is C9H12N2O2. The molecule has 2 heterocycles. The van der Waals surface area contributed by atoms with Crippen LogP contribution in [0.15, 0.2) is 22.8 Å². The van der Waals surface area contributed by atoms with Crippen LogP contribution in [-0.4, -0.2) is 23.9 Å². The van der Waals surface area contributed by atoms with Gasteiger partial charge in [0.2, 0.25) is 5.91 Å². The third kappa shape index (κ3) is 1.45. The van der Waals surface area contributed by atoms with Gasteiger partial charge in [0.25, 0.3) is 0 Å². The van der Waals surface area contributed by atoms with Crippen LogP contribution in [0.2, 0.25) is 0 Å². The van der Waals surface area contributed by atoms with Crippen molar-refractivity contribution in [2.45, 2.75) is 13.1 Å². The Balaban J connectivity index is 2.19. The zero-order valence-electron chi connectivity index (χ0n) is 7.49. The molecule has 13 heavy (non-hydrogen) atoms. The molecule has 1 fully saturated rings. The lowest BCUT2D eigenvalue weighted by atomic mass is 10.3.